The third-order valence-electron chi connectivity index (χ3n) is 2.98. The number of hydrogen-bond donors (Lipinski definition) is 1. The van der Waals surface area contributed by atoms with Crippen molar-refractivity contribution in [3.05, 3.63) is 35.9 Å². The minimum Gasteiger partial charge on any atom is -0.396 e. The van der Waals surface area contributed by atoms with Gasteiger partial charge in [-0.3, -0.25) is 4.90 Å². The fraction of sp³-hybridized carbons (Fsp3) is 0.500. The van der Waals surface area contributed by atoms with Gasteiger partial charge in [0.1, 0.15) is 0 Å². The molecular formula is C12H15F2NO. The first-order valence-electron chi connectivity index (χ1n) is 5.37. The predicted molar refractivity (Wildman–Crippen MR) is 57.2 cm³/mol. The van der Waals surface area contributed by atoms with Crippen molar-refractivity contribution in [1.82, 2.24) is 4.90 Å². The van der Waals surface area contributed by atoms with Crippen molar-refractivity contribution in [3.63, 3.8) is 0 Å². The molecule has 88 valence electrons. The topological polar surface area (TPSA) is 23.5 Å². The first-order valence-corrected chi connectivity index (χ1v) is 5.37. The number of hydrogen-bond acceptors (Lipinski definition) is 2. The van der Waals surface area contributed by atoms with E-state index in [2.05, 4.69) is 0 Å². The van der Waals surface area contributed by atoms with Gasteiger partial charge in [0, 0.05) is 13.1 Å². The van der Waals surface area contributed by atoms with E-state index in [1.165, 1.54) is 0 Å². The van der Waals surface area contributed by atoms with Crippen molar-refractivity contribution in [2.75, 3.05) is 19.7 Å². The van der Waals surface area contributed by atoms with Crippen LogP contribution in [0.3, 0.4) is 0 Å². The smallest absolute Gasteiger partial charge is 0.266 e. The summed E-state index contributed by atoms with van der Waals surface area (Å²) < 4.78 is 26.7. The monoisotopic (exact) mass is 227 g/mol. The highest BCUT2D eigenvalue weighted by Gasteiger charge is 2.47. The van der Waals surface area contributed by atoms with Crippen molar-refractivity contribution >= 4 is 0 Å². The van der Waals surface area contributed by atoms with Crippen LogP contribution >= 0.6 is 0 Å². The Kier molecular flexibility index (Phi) is 3.21. The van der Waals surface area contributed by atoms with Gasteiger partial charge in [-0.05, 0) is 5.56 Å². The van der Waals surface area contributed by atoms with E-state index >= 15 is 0 Å². The molecule has 1 aliphatic heterocycles. The van der Waals surface area contributed by atoms with Gasteiger partial charge in [0.25, 0.3) is 5.92 Å². The Labute approximate surface area is 93.5 Å². The third kappa shape index (κ3) is 2.39. The van der Waals surface area contributed by atoms with Crippen LogP contribution in [-0.2, 0) is 6.54 Å². The molecule has 0 radical (unpaired) electrons. The van der Waals surface area contributed by atoms with E-state index in [1.54, 1.807) is 4.90 Å². The predicted octanol–water partition coefficient (Wildman–Crippen LogP) is 1.75. The Balaban J connectivity index is 1.99. The molecule has 1 saturated heterocycles. The van der Waals surface area contributed by atoms with Crippen LogP contribution in [0.25, 0.3) is 0 Å². The minimum absolute atomic E-state index is 0.257. The van der Waals surface area contributed by atoms with Gasteiger partial charge in [-0.1, -0.05) is 30.3 Å². The Morgan fingerprint density at radius 1 is 1.31 bits per heavy atom. The van der Waals surface area contributed by atoms with Gasteiger partial charge in [-0.15, -0.1) is 0 Å². The minimum atomic E-state index is -2.76. The van der Waals surface area contributed by atoms with E-state index in [1.807, 2.05) is 30.3 Å². The fourth-order valence-corrected chi connectivity index (χ4v) is 2.09. The molecule has 0 amide bonds. The van der Waals surface area contributed by atoms with Gasteiger partial charge in [0.05, 0.1) is 19.1 Å². The standard InChI is InChI=1S/C12H15F2NO/c13-12(14)9-15(7-11(12)8-16)6-10-4-2-1-3-5-10/h1-5,11,16H,6-9H2. The molecule has 0 spiro atoms. The first-order chi connectivity index (χ1) is 7.62. The second-order valence-electron chi connectivity index (χ2n) is 4.30. The van der Waals surface area contributed by atoms with Crippen molar-refractivity contribution in [2.45, 2.75) is 12.5 Å². The summed E-state index contributed by atoms with van der Waals surface area (Å²) in [4.78, 5) is 1.69. The number of benzene rings is 1. The summed E-state index contributed by atoms with van der Waals surface area (Å²) in [5.41, 5.74) is 1.02. The number of aliphatic hydroxyl groups is 1. The lowest BCUT2D eigenvalue weighted by Gasteiger charge is -2.15. The second-order valence-corrected chi connectivity index (χ2v) is 4.30. The number of alkyl halides is 2. The van der Waals surface area contributed by atoms with E-state index in [9.17, 15) is 8.78 Å². The van der Waals surface area contributed by atoms with Crippen LogP contribution < -0.4 is 0 Å². The molecule has 1 aromatic carbocycles. The van der Waals surface area contributed by atoms with Gasteiger partial charge in [0.15, 0.2) is 0 Å². The van der Waals surface area contributed by atoms with Gasteiger partial charge in [-0.25, -0.2) is 8.78 Å². The van der Waals surface area contributed by atoms with Crippen LogP contribution in [0, 0.1) is 5.92 Å². The van der Waals surface area contributed by atoms with E-state index < -0.39 is 18.4 Å². The van der Waals surface area contributed by atoms with Crippen LogP contribution in [0.5, 0.6) is 0 Å². The highest BCUT2D eigenvalue weighted by Crippen LogP contribution is 2.33. The average Bonchev–Trinajstić information content (AvgIpc) is 2.54. The Morgan fingerprint density at radius 2 is 2.00 bits per heavy atom. The summed E-state index contributed by atoms with van der Waals surface area (Å²) in [6.45, 7) is 0.0801. The summed E-state index contributed by atoms with van der Waals surface area (Å²) in [5, 5.41) is 8.88. The molecule has 1 fully saturated rings. The molecule has 0 aromatic heterocycles. The zero-order valence-corrected chi connectivity index (χ0v) is 8.94. The van der Waals surface area contributed by atoms with E-state index in [0.717, 1.165) is 5.56 Å². The maximum Gasteiger partial charge on any atom is 0.266 e. The molecule has 0 saturated carbocycles. The number of aliphatic hydroxyl groups excluding tert-OH is 1. The van der Waals surface area contributed by atoms with Crippen molar-refractivity contribution in [1.29, 1.82) is 0 Å². The molecule has 4 heteroatoms. The number of halogens is 2. The van der Waals surface area contributed by atoms with E-state index in [4.69, 9.17) is 5.11 Å². The molecule has 0 aliphatic carbocycles. The summed E-state index contributed by atoms with van der Waals surface area (Å²) in [5.74, 6) is -3.68. The van der Waals surface area contributed by atoms with Gasteiger partial charge >= 0.3 is 0 Å². The van der Waals surface area contributed by atoms with Crippen molar-refractivity contribution in [2.24, 2.45) is 5.92 Å². The molecular weight excluding hydrogens is 212 g/mol. The molecule has 16 heavy (non-hydrogen) atoms. The zero-order chi connectivity index (χ0) is 11.6. The van der Waals surface area contributed by atoms with Crippen molar-refractivity contribution in [3.8, 4) is 0 Å². The van der Waals surface area contributed by atoms with Gasteiger partial charge in [-0.2, -0.15) is 0 Å². The zero-order valence-electron chi connectivity index (χ0n) is 8.94. The molecule has 1 aliphatic rings. The second kappa shape index (κ2) is 4.47. The summed E-state index contributed by atoms with van der Waals surface area (Å²) in [6, 6.07) is 9.54. The number of likely N-dealkylation sites (tertiary alicyclic amines) is 1. The highest BCUT2D eigenvalue weighted by atomic mass is 19.3. The van der Waals surface area contributed by atoms with Gasteiger partial charge < -0.3 is 5.11 Å². The Bertz CT molecular complexity index is 342. The summed E-state index contributed by atoms with van der Waals surface area (Å²) >= 11 is 0. The molecule has 1 N–H and O–H groups in total. The molecule has 1 heterocycles. The molecule has 1 atom stereocenters. The summed E-state index contributed by atoms with van der Waals surface area (Å²) in [7, 11) is 0. The Morgan fingerprint density at radius 3 is 2.56 bits per heavy atom. The molecule has 0 bridgehead atoms. The van der Waals surface area contributed by atoms with E-state index in [-0.39, 0.29) is 13.1 Å². The lowest BCUT2D eigenvalue weighted by Crippen LogP contribution is -2.29. The normalized spacial score (nSPS) is 24.8. The third-order valence-corrected chi connectivity index (χ3v) is 2.98. The van der Waals surface area contributed by atoms with Crippen LogP contribution in [0.4, 0.5) is 8.78 Å². The highest BCUT2D eigenvalue weighted by molar-refractivity contribution is 5.15. The van der Waals surface area contributed by atoms with Crippen LogP contribution in [0.15, 0.2) is 30.3 Å². The lowest BCUT2D eigenvalue weighted by atomic mass is 10.1. The lowest BCUT2D eigenvalue weighted by molar-refractivity contribution is -0.0434. The molecule has 1 unspecified atom stereocenters. The van der Waals surface area contributed by atoms with Gasteiger partial charge in [0.2, 0.25) is 0 Å². The largest absolute Gasteiger partial charge is 0.396 e. The Hall–Kier alpha value is -1.00. The molecule has 2 rings (SSSR count). The fourth-order valence-electron chi connectivity index (χ4n) is 2.09. The maximum absolute atomic E-state index is 13.4. The number of rotatable bonds is 3. The molecule has 1 aromatic rings. The molecule has 2 nitrogen and oxygen atoms in total. The maximum atomic E-state index is 13.4. The number of nitrogens with zero attached hydrogens (tertiary/aromatic N) is 1. The first kappa shape index (κ1) is 11.5. The van der Waals surface area contributed by atoms with Crippen molar-refractivity contribution < 1.29 is 13.9 Å². The van der Waals surface area contributed by atoms with Crippen LogP contribution in [0.1, 0.15) is 5.56 Å². The van der Waals surface area contributed by atoms with Crippen LogP contribution in [-0.4, -0.2) is 35.6 Å². The average molecular weight is 227 g/mol. The SMILES string of the molecule is OCC1CN(Cc2ccccc2)CC1(F)F. The quantitative estimate of drug-likeness (QED) is 0.850. The summed E-state index contributed by atoms with van der Waals surface area (Å²) in [6.07, 6.45) is 0. The van der Waals surface area contributed by atoms with Crippen LogP contribution in [0.2, 0.25) is 0 Å². The van der Waals surface area contributed by atoms with E-state index in [0.29, 0.717) is 6.54 Å².